The molecule has 3 aromatic rings. The number of carbonyl (C=O) groups excluding carboxylic acids is 2. The molecule has 0 aliphatic carbocycles. The number of amidine groups is 1. The summed E-state index contributed by atoms with van der Waals surface area (Å²) in [7, 11) is 0. The predicted molar refractivity (Wildman–Crippen MR) is 130 cm³/mol. The van der Waals surface area contributed by atoms with Crippen LogP contribution in [0.15, 0.2) is 71.9 Å². The van der Waals surface area contributed by atoms with E-state index < -0.39 is 11.9 Å². The van der Waals surface area contributed by atoms with Crippen molar-refractivity contribution in [1.29, 1.82) is 0 Å². The van der Waals surface area contributed by atoms with Gasteiger partial charge in [0, 0.05) is 16.8 Å². The molecule has 10 heteroatoms. The molecule has 0 fully saturated rings. The predicted octanol–water partition coefficient (Wildman–Crippen LogP) is 2.28. The minimum absolute atomic E-state index is 0.00752. The summed E-state index contributed by atoms with van der Waals surface area (Å²) in [4.78, 5) is 23.6. The number of oxime groups is 1. The highest BCUT2D eigenvalue weighted by Gasteiger charge is 2.13. The Hall–Kier alpha value is -4.73. The molecule has 10 nitrogen and oxygen atoms in total. The molecule has 0 aromatic heterocycles. The molecular weight excluding hydrogens is 466 g/mol. The van der Waals surface area contributed by atoms with Gasteiger partial charge < -0.3 is 40.4 Å². The van der Waals surface area contributed by atoms with E-state index in [1.807, 2.05) is 6.92 Å². The van der Waals surface area contributed by atoms with Gasteiger partial charge in [0.15, 0.2) is 12.6 Å². The second-order valence-electron chi connectivity index (χ2n) is 7.56. The number of carboxylic acids is 1. The Bertz CT molecular complexity index is 1230. The summed E-state index contributed by atoms with van der Waals surface area (Å²) in [5.41, 5.74) is 8.02. The van der Waals surface area contributed by atoms with Crippen LogP contribution in [0.4, 0.5) is 5.69 Å². The summed E-state index contributed by atoms with van der Waals surface area (Å²) in [5, 5.41) is 25.7. The zero-order chi connectivity index (χ0) is 25.9. The Kier molecular flexibility index (Phi) is 9.10. The smallest absolute Gasteiger partial charge is 0.312 e. The molecule has 0 unspecified atom stereocenters. The second-order valence-corrected chi connectivity index (χ2v) is 7.56. The number of nitrogens with zero attached hydrogens (tertiary/aromatic N) is 1. The molecule has 0 amide bonds. The maximum atomic E-state index is 12.5. The maximum Gasteiger partial charge on any atom is 0.312 e. The molecule has 4 N–H and O–H groups in total. The molecule has 0 aliphatic heterocycles. The molecule has 3 rings (SSSR count). The van der Waals surface area contributed by atoms with Crippen LogP contribution in [-0.4, -0.2) is 36.3 Å². The van der Waals surface area contributed by atoms with E-state index in [-0.39, 0.29) is 31.2 Å². The molecule has 0 spiro atoms. The van der Waals surface area contributed by atoms with Gasteiger partial charge >= 0.3 is 5.97 Å². The van der Waals surface area contributed by atoms with E-state index in [4.69, 9.17) is 25.2 Å². The lowest BCUT2D eigenvalue weighted by atomic mass is 10.1. The van der Waals surface area contributed by atoms with Crippen LogP contribution in [0.1, 0.15) is 34.0 Å². The SMILES string of the molecule is CCOc1ccc(OCc2cccc(C(=O)[O-])c2)c(CC(=O)OCNc2ccc(/C(N)=N\O)cc2)c1. The molecule has 0 saturated carbocycles. The fraction of sp³-hybridized carbons (Fsp3) is 0.192. The fourth-order valence-corrected chi connectivity index (χ4v) is 3.26. The van der Waals surface area contributed by atoms with Gasteiger partial charge in [0.25, 0.3) is 0 Å². The lowest BCUT2D eigenvalue weighted by Crippen LogP contribution is -2.22. The summed E-state index contributed by atoms with van der Waals surface area (Å²) in [6.45, 7) is 2.34. The zero-order valence-corrected chi connectivity index (χ0v) is 19.6. The second kappa shape index (κ2) is 12.7. The molecule has 3 aromatic carbocycles. The van der Waals surface area contributed by atoms with Crippen LogP contribution in [0.25, 0.3) is 0 Å². The third-order valence-corrected chi connectivity index (χ3v) is 5.03. The van der Waals surface area contributed by atoms with Gasteiger partial charge in [-0.1, -0.05) is 23.4 Å². The summed E-state index contributed by atoms with van der Waals surface area (Å²) in [6, 6.07) is 18.1. The first-order valence-electron chi connectivity index (χ1n) is 11.1. The molecule has 0 bridgehead atoms. The Morgan fingerprint density at radius 2 is 1.81 bits per heavy atom. The number of esters is 1. The van der Waals surface area contributed by atoms with E-state index in [1.54, 1.807) is 54.6 Å². The minimum atomic E-state index is -1.27. The number of anilines is 1. The molecule has 0 atom stereocenters. The highest BCUT2D eigenvalue weighted by atomic mass is 16.5. The first-order valence-corrected chi connectivity index (χ1v) is 11.1. The van der Waals surface area contributed by atoms with Crippen LogP contribution in [0.5, 0.6) is 11.5 Å². The van der Waals surface area contributed by atoms with Crippen LogP contribution >= 0.6 is 0 Å². The van der Waals surface area contributed by atoms with Gasteiger partial charge in [-0.2, -0.15) is 0 Å². The zero-order valence-electron chi connectivity index (χ0n) is 19.6. The molecule has 36 heavy (non-hydrogen) atoms. The fourth-order valence-electron chi connectivity index (χ4n) is 3.26. The Morgan fingerprint density at radius 1 is 1.03 bits per heavy atom. The maximum absolute atomic E-state index is 12.5. The van der Waals surface area contributed by atoms with Crippen molar-refractivity contribution in [2.75, 3.05) is 18.7 Å². The quantitative estimate of drug-likeness (QED) is 0.0862. The number of hydrogen-bond acceptors (Lipinski definition) is 9. The summed E-state index contributed by atoms with van der Waals surface area (Å²) in [5.74, 6) is -0.745. The van der Waals surface area contributed by atoms with E-state index in [9.17, 15) is 14.7 Å². The molecule has 0 saturated heterocycles. The third kappa shape index (κ3) is 7.39. The van der Waals surface area contributed by atoms with E-state index in [0.717, 1.165) is 0 Å². The first kappa shape index (κ1) is 25.9. The summed E-state index contributed by atoms with van der Waals surface area (Å²) >= 11 is 0. The average molecular weight is 493 g/mol. The van der Waals surface area contributed by atoms with E-state index in [0.29, 0.717) is 40.5 Å². The van der Waals surface area contributed by atoms with Crippen molar-refractivity contribution in [3.05, 3.63) is 89.0 Å². The minimum Gasteiger partial charge on any atom is -0.545 e. The largest absolute Gasteiger partial charge is 0.545 e. The van der Waals surface area contributed by atoms with Crippen LogP contribution in [0.3, 0.4) is 0 Å². The van der Waals surface area contributed by atoms with Gasteiger partial charge in [-0.3, -0.25) is 4.79 Å². The van der Waals surface area contributed by atoms with Crippen LogP contribution in [-0.2, 0) is 22.6 Å². The summed E-state index contributed by atoms with van der Waals surface area (Å²) in [6.07, 6.45) is -0.0700. The third-order valence-electron chi connectivity index (χ3n) is 5.03. The molecule has 0 heterocycles. The van der Waals surface area contributed by atoms with E-state index in [1.165, 1.54) is 12.1 Å². The lowest BCUT2D eigenvalue weighted by molar-refractivity contribution is -0.255. The number of aromatic carboxylic acids is 1. The van der Waals surface area contributed by atoms with Crippen molar-refractivity contribution in [1.82, 2.24) is 0 Å². The number of nitrogens with two attached hydrogens (primary N) is 1. The molecule has 188 valence electrons. The Morgan fingerprint density at radius 3 is 2.50 bits per heavy atom. The number of hydrogen-bond donors (Lipinski definition) is 3. The number of carboxylic acid groups (broad SMARTS) is 1. The Balaban J connectivity index is 1.61. The highest BCUT2D eigenvalue weighted by molar-refractivity contribution is 5.97. The van der Waals surface area contributed by atoms with Gasteiger partial charge in [0.05, 0.1) is 19.0 Å². The Labute approximate surface area is 207 Å². The lowest BCUT2D eigenvalue weighted by Gasteiger charge is -2.14. The number of ether oxygens (including phenoxy) is 3. The van der Waals surface area contributed by atoms with Crippen LogP contribution in [0.2, 0.25) is 0 Å². The number of benzene rings is 3. The van der Waals surface area contributed by atoms with Crippen molar-refractivity contribution < 1.29 is 34.1 Å². The van der Waals surface area contributed by atoms with Crippen molar-refractivity contribution in [3.63, 3.8) is 0 Å². The summed E-state index contributed by atoms with van der Waals surface area (Å²) < 4.78 is 16.7. The monoisotopic (exact) mass is 492 g/mol. The van der Waals surface area contributed by atoms with Crippen LogP contribution in [0, 0.1) is 0 Å². The number of nitrogens with one attached hydrogen (secondary N) is 1. The van der Waals surface area contributed by atoms with Gasteiger partial charge in [0.1, 0.15) is 18.1 Å². The standard InChI is InChI=1S/C26H27N3O7/c1-2-34-22-10-11-23(35-15-17-4-3-5-19(12-17)26(31)32)20(13-22)14-24(30)36-16-28-21-8-6-18(7-9-21)25(27)29-33/h3-13,28,33H,2,14-16H2,1H3,(H2,27,29)(H,31,32)/p-1. The first-order chi connectivity index (χ1) is 17.4. The van der Waals surface area contributed by atoms with Crippen molar-refractivity contribution in [3.8, 4) is 11.5 Å². The topological polar surface area (TPSA) is 156 Å². The van der Waals surface area contributed by atoms with Gasteiger partial charge in [-0.15, -0.1) is 0 Å². The highest BCUT2D eigenvalue weighted by Crippen LogP contribution is 2.26. The average Bonchev–Trinajstić information content (AvgIpc) is 2.88. The molecule has 0 radical (unpaired) electrons. The molecular formula is C26H26N3O7-. The van der Waals surface area contributed by atoms with Crippen molar-refractivity contribution >= 4 is 23.5 Å². The van der Waals surface area contributed by atoms with E-state index >= 15 is 0 Å². The van der Waals surface area contributed by atoms with Crippen LogP contribution < -0.4 is 25.6 Å². The molecule has 0 aliphatic rings. The van der Waals surface area contributed by atoms with Gasteiger partial charge in [-0.25, -0.2) is 0 Å². The van der Waals surface area contributed by atoms with E-state index in [2.05, 4.69) is 10.5 Å². The normalized spacial score (nSPS) is 11.0. The van der Waals surface area contributed by atoms with Crippen molar-refractivity contribution in [2.24, 2.45) is 10.9 Å². The number of rotatable bonds is 12. The number of carbonyl (C=O) groups is 2. The van der Waals surface area contributed by atoms with Gasteiger partial charge in [0.2, 0.25) is 0 Å². The van der Waals surface area contributed by atoms with Crippen molar-refractivity contribution in [2.45, 2.75) is 20.0 Å². The van der Waals surface area contributed by atoms with Gasteiger partial charge in [-0.05, 0) is 66.6 Å².